The highest BCUT2D eigenvalue weighted by atomic mass is 35.5. The van der Waals surface area contributed by atoms with E-state index >= 15 is 0 Å². The molecule has 1 atom stereocenters. The first-order valence-electron chi connectivity index (χ1n) is 8.72. The number of benzene rings is 2. The van der Waals surface area contributed by atoms with Gasteiger partial charge < -0.3 is 15.4 Å². The van der Waals surface area contributed by atoms with Crippen LogP contribution in [0.3, 0.4) is 0 Å². The molecule has 1 unspecified atom stereocenters. The molecule has 2 aromatic carbocycles. The second-order valence-corrected chi connectivity index (χ2v) is 7.12. The highest BCUT2D eigenvalue weighted by Gasteiger charge is 2.27. The Balaban J connectivity index is 1.79. The summed E-state index contributed by atoms with van der Waals surface area (Å²) in [6, 6.07) is 10.7. The molecule has 0 bridgehead atoms. The normalized spacial score (nSPS) is 16.4. The van der Waals surface area contributed by atoms with E-state index in [1.54, 1.807) is 18.2 Å². The van der Waals surface area contributed by atoms with Crippen molar-refractivity contribution in [1.82, 2.24) is 4.90 Å². The lowest BCUT2D eigenvalue weighted by Gasteiger charge is -2.34. The number of rotatable bonds is 4. The van der Waals surface area contributed by atoms with Gasteiger partial charge >= 0.3 is 0 Å². The number of carbonyl (C=O) groups is 1. The van der Waals surface area contributed by atoms with Crippen molar-refractivity contribution in [1.29, 1.82) is 0 Å². The molecule has 1 aliphatic rings. The molecule has 1 aliphatic heterocycles. The van der Waals surface area contributed by atoms with Crippen LogP contribution in [0.4, 0.5) is 4.39 Å². The standard InChI is InChI=1S/C20H22ClFN2O2/c1-13(23)14-8-10-24(11-9-14)20(25)18-12-15(21)2-7-19(18)26-17-5-3-16(22)4-6-17/h2-7,12-14H,8-11,23H2,1H3. The molecule has 6 heteroatoms. The van der Waals surface area contributed by atoms with Gasteiger partial charge in [-0.15, -0.1) is 0 Å². The smallest absolute Gasteiger partial charge is 0.257 e. The highest BCUT2D eigenvalue weighted by molar-refractivity contribution is 6.31. The molecule has 1 amide bonds. The van der Waals surface area contributed by atoms with Crippen LogP contribution in [0.1, 0.15) is 30.1 Å². The van der Waals surface area contributed by atoms with Gasteiger partial charge in [0.25, 0.3) is 5.91 Å². The first-order chi connectivity index (χ1) is 12.4. The van der Waals surface area contributed by atoms with Crippen LogP contribution in [-0.4, -0.2) is 29.9 Å². The summed E-state index contributed by atoms with van der Waals surface area (Å²) in [4.78, 5) is 14.8. The van der Waals surface area contributed by atoms with E-state index < -0.39 is 0 Å². The van der Waals surface area contributed by atoms with E-state index in [2.05, 4.69) is 0 Å². The first-order valence-corrected chi connectivity index (χ1v) is 9.09. The highest BCUT2D eigenvalue weighted by Crippen LogP contribution is 2.30. The van der Waals surface area contributed by atoms with Crippen LogP contribution in [0.15, 0.2) is 42.5 Å². The molecular formula is C20H22ClFN2O2. The number of hydrogen-bond acceptors (Lipinski definition) is 3. The van der Waals surface area contributed by atoms with Gasteiger partial charge in [0.1, 0.15) is 17.3 Å². The average Bonchev–Trinajstić information content (AvgIpc) is 2.64. The number of amides is 1. The molecule has 0 aromatic heterocycles. The van der Waals surface area contributed by atoms with Crippen molar-refractivity contribution in [3.05, 3.63) is 58.9 Å². The van der Waals surface area contributed by atoms with Gasteiger partial charge in [-0.3, -0.25) is 4.79 Å². The number of piperidine rings is 1. The second kappa shape index (κ2) is 8.06. The zero-order chi connectivity index (χ0) is 18.7. The van der Waals surface area contributed by atoms with Crippen LogP contribution in [0.25, 0.3) is 0 Å². The van der Waals surface area contributed by atoms with Crippen LogP contribution in [0, 0.1) is 11.7 Å². The lowest BCUT2D eigenvalue weighted by atomic mass is 9.90. The molecule has 0 saturated carbocycles. The Kier molecular flexibility index (Phi) is 5.79. The number of likely N-dealkylation sites (tertiary alicyclic amines) is 1. The Bertz CT molecular complexity index is 772. The van der Waals surface area contributed by atoms with Crippen molar-refractivity contribution in [3.63, 3.8) is 0 Å². The molecule has 2 N–H and O–H groups in total. The predicted octanol–water partition coefficient (Wildman–Crippen LogP) is 4.47. The number of carbonyl (C=O) groups excluding carboxylic acids is 1. The number of ether oxygens (including phenoxy) is 1. The van der Waals surface area contributed by atoms with E-state index in [0.717, 1.165) is 12.8 Å². The molecule has 0 spiro atoms. The lowest BCUT2D eigenvalue weighted by Crippen LogP contribution is -2.42. The number of nitrogens with two attached hydrogens (primary N) is 1. The Labute approximate surface area is 157 Å². The maximum Gasteiger partial charge on any atom is 0.257 e. The largest absolute Gasteiger partial charge is 0.457 e. The van der Waals surface area contributed by atoms with Gasteiger partial charge in [0.05, 0.1) is 5.56 Å². The quantitative estimate of drug-likeness (QED) is 0.856. The number of halogens is 2. The van der Waals surface area contributed by atoms with E-state index in [4.69, 9.17) is 22.1 Å². The van der Waals surface area contributed by atoms with Crippen molar-refractivity contribution < 1.29 is 13.9 Å². The zero-order valence-corrected chi connectivity index (χ0v) is 15.4. The van der Waals surface area contributed by atoms with Crippen molar-refractivity contribution in [2.45, 2.75) is 25.8 Å². The van der Waals surface area contributed by atoms with Crippen molar-refractivity contribution in [2.24, 2.45) is 11.7 Å². The molecule has 26 heavy (non-hydrogen) atoms. The van der Waals surface area contributed by atoms with Crippen LogP contribution in [0.2, 0.25) is 5.02 Å². The Morgan fingerprint density at radius 2 is 1.88 bits per heavy atom. The zero-order valence-electron chi connectivity index (χ0n) is 14.6. The molecule has 4 nitrogen and oxygen atoms in total. The summed E-state index contributed by atoms with van der Waals surface area (Å²) in [5.74, 6) is 0.835. The maximum atomic E-state index is 13.1. The summed E-state index contributed by atoms with van der Waals surface area (Å²) in [7, 11) is 0. The van der Waals surface area contributed by atoms with E-state index in [9.17, 15) is 9.18 Å². The van der Waals surface area contributed by atoms with E-state index in [1.807, 2.05) is 11.8 Å². The molecule has 138 valence electrons. The third kappa shape index (κ3) is 4.34. The summed E-state index contributed by atoms with van der Waals surface area (Å²) < 4.78 is 18.9. The van der Waals surface area contributed by atoms with E-state index in [1.165, 1.54) is 24.3 Å². The molecule has 1 fully saturated rings. The van der Waals surface area contributed by atoms with Crippen molar-refractivity contribution in [2.75, 3.05) is 13.1 Å². The van der Waals surface area contributed by atoms with Crippen molar-refractivity contribution in [3.8, 4) is 11.5 Å². The molecule has 1 saturated heterocycles. The van der Waals surface area contributed by atoms with Gasteiger partial charge in [-0.25, -0.2) is 4.39 Å². The van der Waals surface area contributed by atoms with Gasteiger partial charge in [0, 0.05) is 24.2 Å². The third-order valence-electron chi connectivity index (χ3n) is 4.78. The Hall–Kier alpha value is -2.11. The summed E-state index contributed by atoms with van der Waals surface area (Å²) >= 11 is 6.10. The second-order valence-electron chi connectivity index (χ2n) is 6.69. The molecule has 0 radical (unpaired) electrons. The maximum absolute atomic E-state index is 13.1. The van der Waals surface area contributed by atoms with Crippen LogP contribution < -0.4 is 10.5 Å². The predicted molar refractivity (Wildman–Crippen MR) is 100 cm³/mol. The fraction of sp³-hybridized carbons (Fsp3) is 0.350. The summed E-state index contributed by atoms with van der Waals surface area (Å²) in [5.41, 5.74) is 6.38. The fourth-order valence-corrected chi connectivity index (χ4v) is 3.36. The van der Waals surface area contributed by atoms with Gasteiger partial charge in [0.2, 0.25) is 0 Å². The van der Waals surface area contributed by atoms with Crippen molar-refractivity contribution >= 4 is 17.5 Å². The Morgan fingerprint density at radius 3 is 2.50 bits per heavy atom. The minimum Gasteiger partial charge on any atom is -0.457 e. The van der Waals surface area contributed by atoms with E-state index in [-0.39, 0.29) is 17.8 Å². The Morgan fingerprint density at radius 1 is 1.23 bits per heavy atom. The molecule has 0 aliphatic carbocycles. The first kappa shape index (κ1) is 18.7. The number of nitrogens with zero attached hydrogens (tertiary/aromatic N) is 1. The van der Waals surface area contributed by atoms with Gasteiger partial charge in [0.15, 0.2) is 0 Å². The summed E-state index contributed by atoms with van der Waals surface area (Å²) in [6.07, 6.45) is 1.77. The van der Waals surface area contributed by atoms with Crippen LogP contribution >= 0.6 is 11.6 Å². The summed E-state index contributed by atoms with van der Waals surface area (Å²) in [5, 5.41) is 0.463. The summed E-state index contributed by atoms with van der Waals surface area (Å²) in [6.45, 7) is 3.33. The SMILES string of the molecule is CC(N)C1CCN(C(=O)c2cc(Cl)ccc2Oc2ccc(F)cc2)CC1. The van der Waals surface area contributed by atoms with Crippen LogP contribution in [0.5, 0.6) is 11.5 Å². The number of hydrogen-bond donors (Lipinski definition) is 1. The monoisotopic (exact) mass is 376 g/mol. The topological polar surface area (TPSA) is 55.6 Å². The molecule has 1 heterocycles. The van der Waals surface area contributed by atoms with E-state index in [0.29, 0.717) is 41.1 Å². The average molecular weight is 377 g/mol. The minimum absolute atomic E-state index is 0.118. The van der Waals surface area contributed by atoms with Gasteiger partial charge in [-0.05, 0) is 68.1 Å². The minimum atomic E-state index is -0.346. The molecule has 3 rings (SSSR count). The molecule has 2 aromatic rings. The van der Waals surface area contributed by atoms with Crippen LogP contribution in [-0.2, 0) is 0 Å². The molecular weight excluding hydrogens is 355 g/mol. The van der Waals surface area contributed by atoms with Gasteiger partial charge in [-0.2, -0.15) is 0 Å². The third-order valence-corrected chi connectivity index (χ3v) is 5.02. The lowest BCUT2D eigenvalue weighted by molar-refractivity contribution is 0.0678. The fourth-order valence-electron chi connectivity index (χ4n) is 3.19. The van der Waals surface area contributed by atoms with Gasteiger partial charge in [-0.1, -0.05) is 11.6 Å².